The molecule has 118 valence electrons. The zero-order valence-electron chi connectivity index (χ0n) is 12.5. The van der Waals surface area contributed by atoms with Crippen molar-refractivity contribution in [3.8, 4) is 11.5 Å². The van der Waals surface area contributed by atoms with E-state index in [1.807, 2.05) is 31.2 Å². The van der Waals surface area contributed by atoms with E-state index in [1.54, 1.807) is 6.26 Å². The van der Waals surface area contributed by atoms with Crippen LogP contribution in [0.1, 0.15) is 24.1 Å². The van der Waals surface area contributed by atoms with Gasteiger partial charge in [0.05, 0.1) is 18.3 Å². The maximum atomic E-state index is 11.9. The van der Waals surface area contributed by atoms with Gasteiger partial charge in [0, 0.05) is 5.56 Å². The summed E-state index contributed by atoms with van der Waals surface area (Å²) in [5.41, 5.74) is 2.87. The van der Waals surface area contributed by atoms with Crippen molar-refractivity contribution in [1.29, 1.82) is 0 Å². The largest absolute Gasteiger partial charge is 0.444 e. The summed E-state index contributed by atoms with van der Waals surface area (Å²) in [5, 5.41) is 6.06. The van der Waals surface area contributed by atoms with Gasteiger partial charge in [-0.2, -0.15) is 0 Å². The van der Waals surface area contributed by atoms with Crippen LogP contribution < -0.4 is 10.6 Å². The van der Waals surface area contributed by atoms with Gasteiger partial charge in [-0.3, -0.25) is 4.79 Å². The molecule has 1 aliphatic heterocycles. The molecule has 1 fully saturated rings. The molecule has 0 saturated carbocycles. The second-order valence-electron chi connectivity index (χ2n) is 5.38. The van der Waals surface area contributed by atoms with Gasteiger partial charge in [-0.15, -0.1) is 12.4 Å². The predicted molar refractivity (Wildman–Crippen MR) is 86.8 cm³/mol. The van der Waals surface area contributed by atoms with Gasteiger partial charge in [-0.05, 0) is 38.4 Å². The number of aromatic nitrogens is 1. The Morgan fingerprint density at radius 2 is 2.18 bits per heavy atom. The van der Waals surface area contributed by atoms with Crippen LogP contribution in [0.5, 0.6) is 0 Å². The Morgan fingerprint density at radius 3 is 2.86 bits per heavy atom. The van der Waals surface area contributed by atoms with E-state index in [4.69, 9.17) is 4.42 Å². The highest BCUT2D eigenvalue weighted by atomic mass is 35.5. The lowest BCUT2D eigenvalue weighted by Gasteiger charge is -2.09. The number of amides is 1. The van der Waals surface area contributed by atoms with Gasteiger partial charge in [0.15, 0.2) is 0 Å². The molecule has 2 N–H and O–H groups in total. The maximum absolute atomic E-state index is 11.9. The summed E-state index contributed by atoms with van der Waals surface area (Å²) in [6.07, 6.45) is 3.55. The molecule has 0 radical (unpaired) electrons. The molecule has 1 aromatic carbocycles. The van der Waals surface area contributed by atoms with Crippen molar-refractivity contribution < 1.29 is 9.21 Å². The number of nitrogens with one attached hydrogen (secondary N) is 2. The minimum Gasteiger partial charge on any atom is -0.444 e. The quantitative estimate of drug-likeness (QED) is 0.907. The fourth-order valence-electron chi connectivity index (χ4n) is 2.43. The lowest BCUT2D eigenvalue weighted by molar-refractivity contribution is -0.122. The second kappa shape index (κ2) is 7.42. The molecule has 0 aliphatic carbocycles. The molecule has 1 aliphatic rings. The zero-order chi connectivity index (χ0) is 14.7. The van der Waals surface area contributed by atoms with Crippen LogP contribution in [0.2, 0.25) is 0 Å². The Hall–Kier alpha value is -1.85. The standard InChI is InChI=1S/C16H19N3O2.ClH/c1-11-4-6-12(7-5-11)16-19-13(10-21-16)9-18-15(20)14-3-2-8-17-14;/h4-7,10,14,17H,2-3,8-9H2,1H3,(H,18,20);1H. The molecule has 2 aromatic rings. The number of nitrogens with zero attached hydrogens (tertiary/aromatic N) is 1. The van der Waals surface area contributed by atoms with Crippen LogP contribution in [-0.2, 0) is 11.3 Å². The van der Waals surface area contributed by atoms with Crippen LogP contribution in [0, 0.1) is 6.92 Å². The number of carbonyl (C=O) groups excluding carboxylic acids is 1. The fraction of sp³-hybridized carbons (Fsp3) is 0.375. The van der Waals surface area contributed by atoms with E-state index >= 15 is 0 Å². The van der Waals surface area contributed by atoms with Gasteiger partial charge in [-0.25, -0.2) is 4.98 Å². The molecule has 0 spiro atoms. The summed E-state index contributed by atoms with van der Waals surface area (Å²) >= 11 is 0. The van der Waals surface area contributed by atoms with Crippen molar-refractivity contribution >= 4 is 18.3 Å². The van der Waals surface area contributed by atoms with Gasteiger partial charge in [-0.1, -0.05) is 17.7 Å². The molecule has 1 atom stereocenters. The monoisotopic (exact) mass is 321 g/mol. The van der Waals surface area contributed by atoms with Crippen molar-refractivity contribution in [2.24, 2.45) is 0 Å². The van der Waals surface area contributed by atoms with Crippen LogP contribution in [0.3, 0.4) is 0 Å². The van der Waals surface area contributed by atoms with Crippen LogP contribution in [0.4, 0.5) is 0 Å². The SMILES string of the molecule is Cc1ccc(-c2nc(CNC(=O)C3CCCN3)co2)cc1.Cl. The van der Waals surface area contributed by atoms with E-state index in [9.17, 15) is 4.79 Å². The summed E-state index contributed by atoms with van der Waals surface area (Å²) in [6, 6.07) is 7.94. The number of oxazole rings is 1. The predicted octanol–water partition coefficient (Wildman–Crippen LogP) is 2.44. The van der Waals surface area contributed by atoms with Crippen LogP contribution in [0.15, 0.2) is 34.9 Å². The van der Waals surface area contributed by atoms with Gasteiger partial charge in [0.2, 0.25) is 11.8 Å². The summed E-state index contributed by atoms with van der Waals surface area (Å²) < 4.78 is 5.47. The zero-order valence-corrected chi connectivity index (χ0v) is 13.3. The molecule has 22 heavy (non-hydrogen) atoms. The van der Waals surface area contributed by atoms with E-state index < -0.39 is 0 Å². The smallest absolute Gasteiger partial charge is 0.237 e. The summed E-state index contributed by atoms with van der Waals surface area (Å²) in [6.45, 7) is 3.35. The third-order valence-electron chi connectivity index (χ3n) is 3.67. The van der Waals surface area contributed by atoms with E-state index in [-0.39, 0.29) is 24.4 Å². The molecule has 3 rings (SSSR count). The number of aryl methyl sites for hydroxylation is 1. The third-order valence-corrected chi connectivity index (χ3v) is 3.67. The molecule has 2 heterocycles. The van der Waals surface area contributed by atoms with Crippen molar-refractivity contribution in [2.75, 3.05) is 6.54 Å². The topological polar surface area (TPSA) is 67.2 Å². The highest BCUT2D eigenvalue weighted by Crippen LogP contribution is 2.19. The van der Waals surface area contributed by atoms with E-state index in [0.717, 1.165) is 30.6 Å². The highest BCUT2D eigenvalue weighted by Gasteiger charge is 2.21. The molecule has 6 heteroatoms. The molecule has 1 amide bonds. The second-order valence-corrected chi connectivity index (χ2v) is 5.38. The first-order valence-corrected chi connectivity index (χ1v) is 7.25. The number of halogens is 1. The van der Waals surface area contributed by atoms with Gasteiger partial charge in [0.1, 0.15) is 6.26 Å². The summed E-state index contributed by atoms with van der Waals surface area (Å²) in [7, 11) is 0. The Bertz CT molecular complexity index is 619. The van der Waals surface area contributed by atoms with E-state index in [0.29, 0.717) is 12.4 Å². The van der Waals surface area contributed by atoms with Crippen molar-refractivity contribution in [3.05, 3.63) is 41.8 Å². The first-order valence-electron chi connectivity index (χ1n) is 7.25. The van der Waals surface area contributed by atoms with Crippen LogP contribution in [-0.4, -0.2) is 23.5 Å². The number of carbonyl (C=O) groups is 1. The Kier molecular flexibility index (Phi) is 5.57. The Labute approximate surface area is 135 Å². The summed E-state index contributed by atoms with van der Waals surface area (Å²) in [5.74, 6) is 0.616. The van der Waals surface area contributed by atoms with Crippen molar-refractivity contribution in [1.82, 2.24) is 15.6 Å². The van der Waals surface area contributed by atoms with Gasteiger partial charge < -0.3 is 15.1 Å². The average Bonchev–Trinajstić information content (AvgIpc) is 3.17. The normalized spacial score (nSPS) is 17.0. The lowest BCUT2D eigenvalue weighted by atomic mass is 10.1. The fourth-order valence-corrected chi connectivity index (χ4v) is 2.43. The minimum absolute atomic E-state index is 0. The van der Waals surface area contributed by atoms with Crippen molar-refractivity contribution in [2.45, 2.75) is 32.4 Å². The number of benzene rings is 1. The van der Waals surface area contributed by atoms with Crippen molar-refractivity contribution in [3.63, 3.8) is 0 Å². The highest BCUT2D eigenvalue weighted by molar-refractivity contribution is 5.85. The maximum Gasteiger partial charge on any atom is 0.237 e. The van der Waals surface area contributed by atoms with Crippen LogP contribution >= 0.6 is 12.4 Å². The minimum atomic E-state index is -0.0616. The molecule has 0 bridgehead atoms. The molecule has 1 saturated heterocycles. The number of hydrogen-bond donors (Lipinski definition) is 2. The molecule has 1 aromatic heterocycles. The Morgan fingerprint density at radius 1 is 1.41 bits per heavy atom. The first-order chi connectivity index (χ1) is 10.2. The van der Waals surface area contributed by atoms with E-state index in [2.05, 4.69) is 15.6 Å². The molecule has 1 unspecified atom stereocenters. The molecular weight excluding hydrogens is 302 g/mol. The van der Waals surface area contributed by atoms with E-state index in [1.165, 1.54) is 5.56 Å². The average molecular weight is 322 g/mol. The lowest BCUT2D eigenvalue weighted by Crippen LogP contribution is -2.40. The number of rotatable bonds is 4. The summed E-state index contributed by atoms with van der Waals surface area (Å²) in [4.78, 5) is 16.3. The van der Waals surface area contributed by atoms with Crippen LogP contribution in [0.25, 0.3) is 11.5 Å². The third kappa shape index (κ3) is 3.87. The molecular formula is C16H20ClN3O2. The molecule has 5 nitrogen and oxygen atoms in total. The van der Waals surface area contributed by atoms with Gasteiger partial charge >= 0.3 is 0 Å². The van der Waals surface area contributed by atoms with Gasteiger partial charge in [0.25, 0.3) is 0 Å². The Balaban J connectivity index is 0.00000176. The first kappa shape index (κ1) is 16.5. The number of hydrogen-bond acceptors (Lipinski definition) is 4.